The molecule has 0 heterocycles. The molecule has 0 aliphatic heterocycles. The summed E-state index contributed by atoms with van der Waals surface area (Å²) in [4.78, 5) is 2.37. The Hall–Kier alpha value is -6.96. The number of anilines is 3. The Bertz CT molecular complexity index is 2520. The third kappa shape index (κ3) is 6.53. The molecular weight excluding hydrogens is 639 g/mol. The van der Waals surface area contributed by atoms with E-state index in [1.807, 2.05) is 0 Å². The molecule has 0 radical (unpaired) electrons. The second-order valence-electron chi connectivity index (χ2n) is 13.4. The van der Waals surface area contributed by atoms with Crippen molar-refractivity contribution in [3.63, 3.8) is 0 Å². The van der Waals surface area contributed by atoms with Crippen LogP contribution in [0.5, 0.6) is 0 Å². The number of rotatable bonds is 8. The Morgan fingerprint density at radius 1 is 0.226 bits per heavy atom. The Morgan fingerprint density at radius 3 is 1.19 bits per heavy atom. The average Bonchev–Trinajstić information content (AvgIpc) is 3.25. The van der Waals surface area contributed by atoms with Gasteiger partial charge in [0.1, 0.15) is 0 Å². The first-order valence-electron chi connectivity index (χ1n) is 18.2. The Kier molecular flexibility index (Phi) is 8.66. The Morgan fingerprint density at radius 2 is 0.623 bits per heavy atom. The van der Waals surface area contributed by atoms with E-state index in [2.05, 4.69) is 229 Å². The van der Waals surface area contributed by atoms with Crippen molar-refractivity contribution in [3.05, 3.63) is 224 Å². The van der Waals surface area contributed by atoms with Crippen molar-refractivity contribution in [1.29, 1.82) is 0 Å². The van der Waals surface area contributed by atoms with Crippen LogP contribution in [-0.2, 0) is 0 Å². The van der Waals surface area contributed by atoms with E-state index >= 15 is 0 Å². The van der Waals surface area contributed by atoms with Gasteiger partial charge in [0.15, 0.2) is 0 Å². The van der Waals surface area contributed by atoms with Gasteiger partial charge < -0.3 is 4.90 Å². The summed E-state index contributed by atoms with van der Waals surface area (Å²) >= 11 is 0. The fourth-order valence-electron chi connectivity index (χ4n) is 7.40. The van der Waals surface area contributed by atoms with Gasteiger partial charge in [0.2, 0.25) is 0 Å². The van der Waals surface area contributed by atoms with Crippen molar-refractivity contribution in [2.45, 2.75) is 0 Å². The van der Waals surface area contributed by atoms with Crippen LogP contribution in [0.3, 0.4) is 0 Å². The van der Waals surface area contributed by atoms with E-state index in [0.29, 0.717) is 0 Å². The number of fused-ring (bicyclic) bond motifs is 1. The molecule has 0 spiro atoms. The molecule has 9 rings (SSSR count). The minimum Gasteiger partial charge on any atom is -0.310 e. The fraction of sp³-hybridized carbons (Fsp3) is 0. The highest BCUT2D eigenvalue weighted by atomic mass is 15.1. The molecule has 0 saturated heterocycles. The van der Waals surface area contributed by atoms with Gasteiger partial charge in [-0.25, -0.2) is 0 Å². The van der Waals surface area contributed by atoms with Crippen LogP contribution in [0.2, 0.25) is 0 Å². The van der Waals surface area contributed by atoms with Gasteiger partial charge in [-0.15, -0.1) is 0 Å². The maximum atomic E-state index is 2.37. The summed E-state index contributed by atoms with van der Waals surface area (Å²) in [5.74, 6) is 0. The lowest BCUT2D eigenvalue weighted by molar-refractivity contribution is 1.28. The number of hydrogen-bond acceptors (Lipinski definition) is 1. The van der Waals surface area contributed by atoms with Crippen LogP contribution in [-0.4, -0.2) is 0 Å². The molecular formula is C52H37N. The highest BCUT2D eigenvalue weighted by Gasteiger charge is 2.17. The largest absolute Gasteiger partial charge is 0.310 e. The second-order valence-corrected chi connectivity index (χ2v) is 13.4. The lowest BCUT2D eigenvalue weighted by atomic mass is 9.91. The first-order valence-corrected chi connectivity index (χ1v) is 18.2. The molecule has 0 saturated carbocycles. The molecule has 0 aromatic heterocycles. The smallest absolute Gasteiger partial charge is 0.0468 e. The van der Waals surface area contributed by atoms with E-state index in [1.165, 1.54) is 66.4 Å². The van der Waals surface area contributed by atoms with Gasteiger partial charge in [-0.1, -0.05) is 188 Å². The zero-order valence-corrected chi connectivity index (χ0v) is 29.3. The monoisotopic (exact) mass is 675 g/mol. The van der Waals surface area contributed by atoms with Gasteiger partial charge >= 0.3 is 0 Å². The highest BCUT2D eigenvalue weighted by molar-refractivity contribution is 5.97. The van der Waals surface area contributed by atoms with Gasteiger partial charge in [-0.05, 0) is 103 Å². The van der Waals surface area contributed by atoms with E-state index in [1.54, 1.807) is 0 Å². The maximum absolute atomic E-state index is 2.37. The quantitative estimate of drug-likeness (QED) is 0.155. The average molecular weight is 676 g/mol. The van der Waals surface area contributed by atoms with Crippen molar-refractivity contribution >= 4 is 27.8 Å². The molecule has 53 heavy (non-hydrogen) atoms. The molecule has 0 N–H and O–H groups in total. The molecule has 0 aliphatic rings. The van der Waals surface area contributed by atoms with Crippen LogP contribution in [0.25, 0.3) is 66.4 Å². The van der Waals surface area contributed by atoms with Gasteiger partial charge in [0.05, 0.1) is 0 Å². The molecule has 0 fully saturated rings. The molecule has 0 unspecified atom stereocenters. The van der Waals surface area contributed by atoms with Crippen molar-refractivity contribution in [2.24, 2.45) is 0 Å². The number of hydrogen-bond donors (Lipinski definition) is 0. The lowest BCUT2D eigenvalue weighted by Crippen LogP contribution is -2.10. The first-order chi connectivity index (χ1) is 26.3. The normalized spacial score (nSPS) is 11.0. The lowest BCUT2D eigenvalue weighted by Gasteiger charge is -2.27. The van der Waals surface area contributed by atoms with Gasteiger partial charge in [0, 0.05) is 17.1 Å². The summed E-state index contributed by atoms with van der Waals surface area (Å²) < 4.78 is 0. The summed E-state index contributed by atoms with van der Waals surface area (Å²) in [6.07, 6.45) is 0. The van der Waals surface area contributed by atoms with Crippen molar-refractivity contribution < 1.29 is 0 Å². The molecule has 9 aromatic rings. The molecule has 250 valence electrons. The Labute approximate surface area is 311 Å². The number of nitrogens with zero attached hydrogens (tertiary/aromatic N) is 1. The molecule has 1 nitrogen and oxygen atoms in total. The van der Waals surface area contributed by atoms with Gasteiger partial charge in [-0.3, -0.25) is 0 Å². The summed E-state index contributed by atoms with van der Waals surface area (Å²) in [5, 5.41) is 2.52. The first kappa shape index (κ1) is 32.0. The Balaban J connectivity index is 1.17. The zero-order valence-electron chi connectivity index (χ0n) is 29.3. The van der Waals surface area contributed by atoms with E-state index < -0.39 is 0 Å². The van der Waals surface area contributed by atoms with E-state index in [0.717, 1.165) is 17.1 Å². The molecule has 9 aromatic carbocycles. The maximum Gasteiger partial charge on any atom is 0.0468 e. The van der Waals surface area contributed by atoms with E-state index in [4.69, 9.17) is 0 Å². The van der Waals surface area contributed by atoms with Gasteiger partial charge in [-0.2, -0.15) is 0 Å². The molecule has 1 heteroatoms. The third-order valence-corrected chi connectivity index (χ3v) is 10.1. The van der Waals surface area contributed by atoms with Crippen LogP contribution in [0, 0.1) is 0 Å². The van der Waals surface area contributed by atoms with Crippen LogP contribution in [0.15, 0.2) is 224 Å². The summed E-state index contributed by atoms with van der Waals surface area (Å²) in [5.41, 5.74) is 15.3. The summed E-state index contributed by atoms with van der Waals surface area (Å²) in [6.45, 7) is 0. The van der Waals surface area contributed by atoms with Gasteiger partial charge in [0.25, 0.3) is 0 Å². The molecule has 0 amide bonds. The van der Waals surface area contributed by atoms with Crippen molar-refractivity contribution in [3.8, 4) is 55.6 Å². The standard InChI is InChI=1S/C52H37N/c1-4-13-38(14-5-1)40-27-31-46(32-28-40)53(47-33-29-41(30-34-47)39-15-6-2-7-16-39)48-35-36-51(42-17-8-3-9-18-42)52(37-48)45-25-23-44(24-26-45)50-22-12-20-43-19-10-11-21-49(43)50/h1-37H. The van der Waals surface area contributed by atoms with Crippen molar-refractivity contribution in [1.82, 2.24) is 0 Å². The minimum atomic E-state index is 1.10. The fourth-order valence-corrected chi connectivity index (χ4v) is 7.40. The molecule has 0 bridgehead atoms. The highest BCUT2D eigenvalue weighted by Crippen LogP contribution is 2.42. The molecule has 0 atom stereocenters. The topological polar surface area (TPSA) is 3.24 Å². The number of benzene rings is 9. The zero-order chi connectivity index (χ0) is 35.4. The van der Waals surface area contributed by atoms with Crippen LogP contribution in [0.1, 0.15) is 0 Å². The SMILES string of the molecule is c1ccc(-c2ccc(N(c3ccc(-c4ccccc4)cc3)c3ccc(-c4ccccc4)c(-c4ccc(-c5cccc6ccccc56)cc4)c3)cc2)cc1. The van der Waals surface area contributed by atoms with E-state index in [9.17, 15) is 0 Å². The van der Waals surface area contributed by atoms with Crippen LogP contribution < -0.4 is 4.90 Å². The second kappa shape index (κ2) is 14.3. The predicted molar refractivity (Wildman–Crippen MR) is 226 cm³/mol. The van der Waals surface area contributed by atoms with Crippen molar-refractivity contribution in [2.75, 3.05) is 4.90 Å². The molecule has 0 aliphatic carbocycles. The third-order valence-electron chi connectivity index (χ3n) is 10.1. The summed E-state index contributed by atoms with van der Waals surface area (Å²) in [6, 6.07) is 80.8. The summed E-state index contributed by atoms with van der Waals surface area (Å²) in [7, 11) is 0. The van der Waals surface area contributed by atoms with Crippen LogP contribution >= 0.6 is 0 Å². The predicted octanol–water partition coefficient (Wildman–Crippen LogP) is 14.6. The van der Waals surface area contributed by atoms with Crippen LogP contribution in [0.4, 0.5) is 17.1 Å². The van der Waals surface area contributed by atoms with E-state index in [-0.39, 0.29) is 0 Å². The minimum absolute atomic E-state index is 1.10.